The maximum absolute atomic E-state index is 11.1. The number of hydrogen-bond acceptors (Lipinski definition) is 6. The average molecular weight is 311 g/mol. The average Bonchev–Trinajstić information content (AvgIpc) is 2.45. The summed E-state index contributed by atoms with van der Waals surface area (Å²) in [6.45, 7) is 3.46. The highest BCUT2D eigenvalue weighted by molar-refractivity contribution is 5.77. The third-order valence-corrected chi connectivity index (χ3v) is 2.92. The first-order valence-corrected chi connectivity index (χ1v) is 6.84. The van der Waals surface area contributed by atoms with Gasteiger partial charge in [0.1, 0.15) is 0 Å². The Balaban J connectivity index is 2.90. The number of methoxy groups -OCH3 is 1. The van der Waals surface area contributed by atoms with Crippen molar-refractivity contribution in [3.05, 3.63) is 23.8 Å². The third kappa shape index (κ3) is 4.92. The Bertz CT molecular complexity index is 531. The molecule has 22 heavy (non-hydrogen) atoms. The second-order valence-corrected chi connectivity index (χ2v) is 4.65. The monoisotopic (exact) mass is 311 g/mol. The molecule has 0 amide bonds. The third-order valence-electron chi connectivity index (χ3n) is 2.92. The summed E-state index contributed by atoms with van der Waals surface area (Å²) in [5, 5.41) is 9.09. The number of carboxylic acid groups (broad SMARTS) is 1. The lowest BCUT2D eigenvalue weighted by atomic mass is 10.0. The molecule has 0 radical (unpaired) electrons. The molecule has 0 fully saturated rings. The fraction of sp³-hybridized carbons (Fsp3) is 0.467. The van der Waals surface area contributed by atoms with Gasteiger partial charge in [0, 0.05) is 6.92 Å². The first-order chi connectivity index (χ1) is 10.4. The molecule has 3 N–H and O–H groups in total. The van der Waals surface area contributed by atoms with Crippen LogP contribution in [0, 0.1) is 0 Å². The van der Waals surface area contributed by atoms with Gasteiger partial charge in [0.2, 0.25) is 6.10 Å². The van der Waals surface area contributed by atoms with E-state index in [4.69, 9.17) is 25.1 Å². The molecule has 0 saturated heterocycles. The normalized spacial score (nSPS) is 13.1. The molecule has 0 heterocycles. The number of esters is 1. The van der Waals surface area contributed by atoms with E-state index in [-0.39, 0.29) is 6.42 Å². The molecule has 0 aromatic heterocycles. The zero-order chi connectivity index (χ0) is 16.7. The largest absolute Gasteiger partial charge is 0.493 e. The van der Waals surface area contributed by atoms with Crippen molar-refractivity contribution in [2.45, 2.75) is 32.4 Å². The number of ether oxygens (including phenoxy) is 3. The van der Waals surface area contributed by atoms with Crippen LogP contribution in [0.4, 0.5) is 0 Å². The molecular formula is C15H21NO6. The molecular weight excluding hydrogens is 290 g/mol. The predicted molar refractivity (Wildman–Crippen MR) is 79.0 cm³/mol. The topological polar surface area (TPSA) is 108 Å². The summed E-state index contributed by atoms with van der Waals surface area (Å²) >= 11 is 0. The predicted octanol–water partition coefficient (Wildman–Crippen LogP) is 0.980. The minimum absolute atomic E-state index is 0.217. The quantitative estimate of drug-likeness (QED) is 0.689. The maximum Gasteiger partial charge on any atom is 0.346 e. The van der Waals surface area contributed by atoms with Crippen molar-refractivity contribution < 1.29 is 28.9 Å². The molecule has 0 saturated carbocycles. The minimum Gasteiger partial charge on any atom is -0.493 e. The Morgan fingerprint density at radius 1 is 1.32 bits per heavy atom. The second-order valence-electron chi connectivity index (χ2n) is 4.65. The molecule has 0 aliphatic rings. The number of rotatable bonds is 8. The van der Waals surface area contributed by atoms with Gasteiger partial charge in [-0.2, -0.15) is 0 Å². The van der Waals surface area contributed by atoms with E-state index in [0.717, 1.165) is 12.5 Å². The summed E-state index contributed by atoms with van der Waals surface area (Å²) in [4.78, 5) is 22.1. The molecule has 2 unspecified atom stereocenters. The van der Waals surface area contributed by atoms with Crippen LogP contribution in [0.25, 0.3) is 0 Å². The van der Waals surface area contributed by atoms with Crippen molar-refractivity contribution in [3.8, 4) is 11.5 Å². The lowest BCUT2D eigenvalue weighted by Gasteiger charge is -2.20. The first-order valence-electron chi connectivity index (χ1n) is 6.84. The van der Waals surface area contributed by atoms with Gasteiger partial charge in [0.05, 0.1) is 19.8 Å². The van der Waals surface area contributed by atoms with Gasteiger partial charge in [-0.05, 0) is 31.0 Å². The molecule has 122 valence electrons. The Kier molecular flexibility index (Phi) is 6.65. The molecule has 0 aliphatic heterocycles. The number of nitrogens with two attached hydrogens (primary N) is 1. The summed E-state index contributed by atoms with van der Waals surface area (Å²) in [7, 11) is 1.53. The summed E-state index contributed by atoms with van der Waals surface area (Å²) in [6, 6.07) is 4.33. The van der Waals surface area contributed by atoms with Crippen LogP contribution >= 0.6 is 0 Å². The number of carbonyl (C=O) groups excluding carboxylic acids is 1. The van der Waals surface area contributed by atoms with Crippen molar-refractivity contribution in [3.63, 3.8) is 0 Å². The molecule has 2 atom stereocenters. The number of carboxylic acids is 1. The molecule has 1 aromatic carbocycles. The van der Waals surface area contributed by atoms with Crippen LogP contribution in [0.5, 0.6) is 11.5 Å². The number of hydrogen-bond donors (Lipinski definition) is 2. The molecule has 7 heteroatoms. The lowest BCUT2D eigenvalue weighted by molar-refractivity contribution is -0.163. The summed E-state index contributed by atoms with van der Waals surface area (Å²) in [6.07, 6.45) is -1.18. The number of aliphatic carboxylic acids is 1. The molecule has 1 rings (SSSR count). The van der Waals surface area contributed by atoms with Crippen LogP contribution in [0.15, 0.2) is 18.2 Å². The minimum atomic E-state index is -1.39. The molecule has 0 bridgehead atoms. The van der Waals surface area contributed by atoms with E-state index in [1.165, 1.54) is 7.11 Å². The van der Waals surface area contributed by atoms with Crippen LogP contribution in [-0.4, -0.2) is 42.9 Å². The van der Waals surface area contributed by atoms with Crippen LogP contribution in [0.3, 0.4) is 0 Å². The van der Waals surface area contributed by atoms with Crippen LogP contribution in [0.2, 0.25) is 0 Å². The van der Waals surface area contributed by atoms with E-state index in [2.05, 4.69) is 0 Å². The highest BCUT2D eigenvalue weighted by Crippen LogP contribution is 2.28. The van der Waals surface area contributed by atoms with Gasteiger partial charge in [-0.1, -0.05) is 6.07 Å². The summed E-state index contributed by atoms with van der Waals surface area (Å²) in [5.74, 6) is -0.836. The molecule has 7 nitrogen and oxygen atoms in total. The smallest absolute Gasteiger partial charge is 0.346 e. The van der Waals surface area contributed by atoms with Gasteiger partial charge in [-0.15, -0.1) is 0 Å². The standard InChI is InChI=1S/C15H21NO6/c1-4-21-13-8-10(5-6-12(13)20-3)7-11(16)14(15(18)19)22-9(2)17/h5-6,8,11,14H,4,7,16H2,1-3H3,(H,18,19). The Hall–Kier alpha value is -2.28. The van der Waals surface area contributed by atoms with Crippen LogP contribution < -0.4 is 15.2 Å². The molecule has 1 aromatic rings. The van der Waals surface area contributed by atoms with E-state index in [1.54, 1.807) is 18.2 Å². The van der Waals surface area contributed by atoms with E-state index >= 15 is 0 Å². The van der Waals surface area contributed by atoms with Gasteiger partial charge in [0.25, 0.3) is 0 Å². The van der Waals surface area contributed by atoms with E-state index in [9.17, 15) is 9.59 Å². The maximum atomic E-state index is 11.1. The van der Waals surface area contributed by atoms with Gasteiger partial charge >= 0.3 is 11.9 Å². The van der Waals surface area contributed by atoms with Crippen molar-refractivity contribution in [2.75, 3.05) is 13.7 Å². The lowest BCUT2D eigenvalue weighted by Crippen LogP contribution is -2.44. The summed E-state index contributed by atoms with van der Waals surface area (Å²) in [5.41, 5.74) is 6.62. The number of carbonyl (C=O) groups is 2. The van der Waals surface area contributed by atoms with Gasteiger partial charge in [-0.3, -0.25) is 4.79 Å². The van der Waals surface area contributed by atoms with Gasteiger partial charge in [-0.25, -0.2) is 4.79 Å². The highest BCUT2D eigenvalue weighted by atomic mass is 16.6. The Labute approximate surface area is 129 Å². The zero-order valence-electron chi connectivity index (χ0n) is 12.9. The molecule has 0 spiro atoms. The first kappa shape index (κ1) is 17.8. The Morgan fingerprint density at radius 2 is 2.00 bits per heavy atom. The fourth-order valence-corrected chi connectivity index (χ4v) is 2.00. The van der Waals surface area contributed by atoms with Crippen molar-refractivity contribution >= 4 is 11.9 Å². The second kappa shape index (κ2) is 8.23. The zero-order valence-corrected chi connectivity index (χ0v) is 12.9. The fourth-order valence-electron chi connectivity index (χ4n) is 2.00. The highest BCUT2D eigenvalue weighted by Gasteiger charge is 2.28. The SMILES string of the molecule is CCOc1cc(CC(N)C(OC(C)=O)C(=O)O)ccc1OC. The number of benzene rings is 1. The summed E-state index contributed by atoms with van der Waals surface area (Å²) < 4.78 is 15.4. The van der Waals surface area contributed by atoms with E-state index in [1.807, 2.05) is 6.92 Å². The van der Waals surface area contributed by atoms with Crippen molar-refractivity contribution in [1.29, 1.82) is 0 Å². The van der Waals surface area contributed by atoms with Crippen LogP contribution in [0.1, 0.15) is 19.4 Å². The van der Waals surface area contributed by atoms with E-state index in [0.29, 0.717) is 18.1 Å². The Morgan fingerprint density at radius 3 is 2.50 bits per heavy atom. The molecule has 0 aliphatic carbocycles. The van der Waals surface area contributed by atoms with Crippen molar-refractivity contribution in [2.24, 2.45) is 5.73 Å². The van der Waals surface area contributed by atoms with Crippen molar-refractivity contribution in [1.82, 2.24) is 0 Å². The van der Waals surface area contributed by atoms with E-state index < -0.39 is 24.1 Å². The van der Waals surface area contributed by atoms with Crippen LogP contribution in [-0.2, 0) is 20.7 Å². The van der Waals surface area contributed by atoms with Gasteiger partial charge in [0.15, 0.2) is 11.5 Å². The van der Waals surface area contributed by atoms with Gasteiger partial charge < -0.3 is 25.1 Å².